The molecule has 0 amide bonds. The molecule has 0 radical (unpaired) electrons. The Bertz CT molecular complexity index is 331. The fourth-order valence-electron chi connectivity index (χ4n) is 3.26. The maximum absolute atomic E-state index is 12.7. The van der Waals surface area contributed by atoms with Crippen LogP contribution in [0.15, 0.2) is 24.3 Å². The summed E-state index contributed by atoms with van der Waals surface area (Å²) in [4.78, 5) is 0. The highest BCUT2D eigenvalue weighted by atomic mass is 31.1. The molecule has 0 aromatic carbocycles. The highest BCUT2D eigenvalue weighted by Crippen LogP contribution is 2.50. The largest absolute Gasteiger partial charge is 0.353 e. The van der Waals surface area contributed by atoms with Crippen LogP contribution < -0.4 is 0 Å². The highest BCUT2D eigenvalue weighted by Gasteiger charge is 2.45. The van der Waals surface area contributed by atoms with Crippen LogP contribution in [-0.2, 0) is 4.57 Å². The van der Waals surface area contributed by atoms with E-state index < -0.39 is 7.80 Å². The first-order chi connectivity index (χ1) is 8.09. The van der Waals surface area contributed by atoms with E-state index in [-0.39, 0.29) is 5.66 Å². The predicted molar refractivity (Wildman–Crippen MR) is 74.8 cm³/mol. The fraction of sp³-hybridized carbons (Fsp3) is 0.733. The molecule has 0 bridgehead atoms. The minimum absolute atomic E-state index is 0.210. The third kappa shape index (κ3) is 2.88. The monoisotopic (exact) mass is 251 g/mol. The molecule has 2 aliphatic carbocycles. The molecular formula is C15H24OP+. The van der Waals surface area contributed by atoms with Crippen molar-refractivity contribution in [3.8, 4) is 0 Å². The van der Waals surface area contributed by atoms with Crippen LogP contribution in [0.4, 0.5) is 0 Å². The second-order valence-electron chi connectivity index (χ2n) is 6.01. The van der Waals surface area contributed by atoms with Crippen molar-refractivity contribution >= 4 is 7.80 Å². The van der Waals surface area contributed by atoms with Crippen LogP contribution in [-0.4, -0.2) is 11.3 Å². The zero-order valence-electron chi connectivity index (χ0n) is 11.2. The molecule has 0 heterocycles. The molecule has 0 aromatic heterocycles. The SMILES string of the molecule is CC(C)[C@@H]1CC[C@@H](C)C[C@H]1[P+](=O)C1C=CC=C1. The standard InChI is InChI=1S/C15H24OP/c1-11(2)14-9-8-12(3)10-15(14)17(16)13-6-4-5-7-13/h4-7,11-15H,8-10H2,1-3H3/q+1/t12-,14+,15-/m1/s1. The van der Waals surface area contributed by atoms with Crippen LogP contribution in [0.3, 0.4) is 0 Å². The first-order valence-corrected chi connectivity index (χ1v) is 8.30. The molecular weight excluding hydrogens is 227 g/mol. The third-order valence-electron chi connectivity index (χ3n) is 4.34. The molecule has 1 nitrogen and oxygen atoms in total. The average Bonchev–Trinajstić information content (AvgIpc) is 2.80. The Kier molecular flexibility index (Phi) is 4.20. The minimum atomic E-state index is -1.12. The van der Waals surface area contributed by atoms with Crippen molar-refractivity contribution in [2.24, 2.45) is 17.8 Å². The Morgan fingerprint density at radius 3 is 2.41 bits per heavy atom. The molecule has 0 aliphatic heterocycles. The number of allylic oxidation sites excluding steroid dienone is 4. The lowest BCUT2D eigenvalue weighted by atomic mass is 9.77. The van der Waals surface area contributed by atoms with Crippen molar-refractivity contribution in [1.29, 1.82) is 0 Å². The maximum atomic E-state index is 12.7. The normalized spacial score (nSPS) is 34.6. The Morgan fingerprint density at radius 1 is 1.18 bits per heavy atom. The Balaban J connectivity index is 2.11. The molecule has 0 aromatic rings. The predicted octanol–water partition coefficient (Wildman–Crippen LogP) is 4.77. The van der Waals surface area contributed by atoms with Gasteiger partial charge in [-0.3, -0.25) is 0 Å². The highest BCUT2D eigenvalue weighted by molar-refractivity contribution is 7.46. The van der Waals surface area contributed by atoms with Gasteiger partial charge >= 0.3 is 7.80 Å². The van der Waals surface area contributed by atoms with Crippen molar-refractivity contribution in [3.05, 3.63) is 24.3 Å². The summed E-state index contributed by atoms with van der Waals surface area (Å²) in [5, 5.41) is 0. The van der Waals surface area contributed by atoms with Crippen molar-refractivity contribution < 1.29 is 4.57 Å². The molecule has 0 N–H and O–H groups in total. The van der Waals surface area contributed by atoms with Gasteiger partial charge in [0.2, 0.25) is 0 Å². The van der Waals surface area contributed by atoms with Gasteiger partial charge in [0.25, 0.3) is 0 Å². The van der Waals surface area contributed by atoms with E-state index in [2.05, 4.69) is 32.9 Å². The first kappa shape index (κ1) is 13.0. The van der Waals surface area contributed by atoms with Gasteiger partial charge in [0.1, 0.15) is 0 Å². The summed E-state index contributed by atoms with van der Waals surface area (Å²) in [6.45, 7) is 6.89. The molecule has 2 heteroatoms. The molecule has 2 rings (SSSR count). The topological polar surface area (TPSA) is 17.1 Å². The lowest BCUT2D eigenvalue weighted by molar-refractivity contribution is 0.238. The quantitative estimate of drug-likeness (QED) is 0.660. The van der Waals surface area contributed by atoms with E-state index in [0.717, 1.165) is 12.3 Å². The molecule has 17 heavy (non-hydrogen) atoms. The number of hydrogen-bond donors (Lipinski definition) is 0. The molecule has 1 fully saturated rings. The van der Waals surface area contributed by atoms with Crippen LogP contribution >= 0.6 is 7.80 Å². The van der Waals surface area contributed by atoms with Gasteiger partial charge in [-0.25, -0.2) is 0 Å². The smallest absolute Gasteiger partial charge is 0.0734 e. The summed E-state index contributed by atoms with van der Waals surface area (Å²) in [6, 6.07) is 0. The van der Waals surface area contributed by atoms with Crippen molar-refractivity contribution in [2.45, 2.75) is 51.4 Å². The van der Waals surface area contributed by atoms with Crippen LogP contribution in [0, 0.1) is 17.8 Å². The van der Waals surface area contributed by atoms with Gasteiger partial charge < -0.3 is 0 Å². The second kappa shape index (κ2) is 5.48. The first-order valence-electron chi connectivity index (χ1n) is 6.90. The summed E-state index contributed by atoms with van der Waals surface area (Å²) in [6.07, 6.45) is 12.0. The summed E-state index contributed by atoms with van der Waals surface area (Å²) in [5.41, 5.74) is 0.646. The number of rotatable bonds is 3. The molecule has 1 unspecified atom stereocenters. The zero-order valence-corrected chi connectivity index (χ0v) is 12.1. The van der Waals surface area contributed by atoms with Crippen LogP contribution in [0.5, 0.6) is 0 Å². The van der Waals surface area contributed by atoms with Gasteiger partial charge in [-0.05, 0) is 36.8 Å². The lowest BCUT2D eigenvalue weighted by Crippen LogP contribution is -2.31. The van der Waals surface area contributed by atoms with Gasteiger partial charge in [0.15, 0.2) is 11.3 Å². The fourth-order valence-corrected chi connectivity index (χ4v) is 5.67. The lowest BCUT2D eigenvalue weighted by Gasteiger charge is -2.32. The number of hydrogen-bond acceptors (Lipinski definition) is 1. The van der Waals surface area contributed by atoms with E-state index in [4.69, 9.17) is 0 Å². The van der Waals surface area contributed by atoms with E-state index in [0.29, 0.717) is 17.5 Å². The minimum Gasteiger partial charge on any atom is -0.0734 e. The van der Waals surface area contributed by atoms with Crippen molar-refractivity contribution in [2.75, 3.05) is 0 Å². The van der Waals surface area contributed by atoms with E-state index in [1.165, 1.54) is 12.8 Å². The van der Waals surface area contributed by atoms with Crippen LogP contribution in [0.1, 0.15) is 40.0 Å². The van der Waals surface area contributed by atoms with Crippen LogP contribution in [0.2, 0.25) is 0 Å². The summed E-state index contributed by atoms with van der Waals surface area (Å²) < 4.78 is 12.7. The maximum Gasteiger partial charge on any atom is 0.353 e. The molecule has 4 atom stereocenters. The Hall–Kier alpha value is -0.420. The van der Waals surface area contributed by atoms with Gasteiger partial charge in [-0.2, -0.15) is 0 Å². The zero-order chi connectivity index (χ0) is 12.4. The van der Waals surface area contributed by atoms with Crippen molar-refractivity contribution in [1.82, 2.24) is 0 Å². The van der Waals surface area contributed by atoms with E-state index in [1.807, 2.05) is 12.2 Å². The van der Waals surface area contributed by atoms with E-state index in [1.54, 1.807) is 0 Å². The molecule has 2 aliphatic rings. The van der Waals surface area contributed by atoms with Gasteiger partial charge in [0, 0.05) is 5.92 Å². The van der Waals surface area contributed by atoms with Gasteiger partial charge in [0.05, 0.1) is 0 Å². The Morgan fingerprint density at radius 2 is 1.82 bits per heavy atom. The van der Waals surface area contributed by atoms with E-state index >= 15 is 0 Å². The third-order valence-corrected chi connectivity index (χ3v) is 6.52. The van der Waals surface area contributed by atoms with Crippen molar-refractivity contribution in [3.63, 3.8) is 0 Å². The molecule has 0 spiro atoms. The Labute approximate surface area is 106 Å². The average molecular weight is 251 g/mol. The molecule has 94 valence electrons. The van der Waals surface area contributed by atoms with E-state index in [9.17, 15) is 4.57 Å². The van der Waals surface area contributed by atoms with Gasteiger partial charge in [-0.15, -0.1) is 0 Å². The second-order valence-corrected chi connectivity index (χ2v) is 7.99. The molecule has 0 saturated heterocycles. The summed E-state index contributed by atoms with van der Waals surface area (Å²) in [7, 11) is -1.12. The van der Waals surface area contributed by atoms with Crippen LogP contribution in [0.25, 0.3) is 0 Å². The summed E-state index contributed by atoms with van der Waals surface area (Å²) in [5.74, 6) is 2.08. The summed E-state index contributed by atoms with van der Waals surface area (Å²) >= 11 is 0. The molecule has 1 saturated carbocycles. The van der Waals surface area contributed by atoms with Gasteiger partial charge in [-0.1, -0.05) is 43.9 Å².